The van der Waals surface area contributed by atoms with Crippen LogP contribution in [0.25, 0.3) is 0 Å². The van der Waals surface area contributed by atoms with Gasteiger partial charge < -0.3 is 9.64 Å². The Morgan fingerprint density at radius 3 is 2.20 bits per heavy atom. The summed E-state index contributed by atoms with van der Waals surface area (Å²) in [4.78, 5) is 18.5. The number of halogens is 3. The van der Waals surface area contributed by atoms with Crippen molar-refractivity contribution in [3.05, 3.63) is 29.8 Å². The lowest BCUT2D eigenvalue weighted by molar-refractivity contribution is -0.139. The maximum absolute atomic E-state index is 12.8. The molecule has 1 aromatic rings. The number of hydrogen-bond donors (Lipinski definition) is 0. The zero-order valence-corrected chi connectivity index (χ0v) is 15.0. The maximum Gasteiger partial charge on any atom is 0.416 e. The molecular weight excluding hydrogens is 333 g/mol. The van der Waals surface area contributed by atoms with Crippen LogP contribution < -0.4 is 4.90 Å². The highest BCUT2D eigenvalue weighted by Gasteiger charge is 2.38. The average Bonchev–Trinajstić information content (AvgIpc) is 2.91. The largest absolute Gasteiger partial charge is 0.457 e. The van der Waals surface area contributed by atoms with Crippen LogP contribution in [0.15, 0.2) is 29.3 Å². The summed E-state index contributed by atoms with van der Waals surface area (Å²) < 4.78 is 43.5. The van der Waals surface area contributed by atoms with E-state index in [0.717, 1.165) is 12.1 Å². The van der Waals surface area contributed by atoms with Crippen molar-refractivity contribution in [1.82, 2.24) is 0 Å². The lowest BCUT2D eigenvalue weighted by Crippen LogP contribution is -2.37. The minimum Gasteiger partial charge on any atom is -0.457 e. The number of ether oxygens (including phenoxy) is 1. The Hall–Kier alpha value is -2.05. The van der Waals surface area contributed by atoms with Crippen LogP contribution in [0.4, 0.5) is 18.9 Å². The molecule has 0 N–H and O–H groups in total. The minimum absolute atomic E-state index is 0.133. The van der Waals surface area contributed by atoms with Crippen molar-refractivity contribution in [2.45, 2.75) is 52.9 Å². The van der Waals surface area contributed by atoms with E-state index in [4.69, 9.17) is 4.74 Å². The Balaban J connectivity index is 2.34. The topological polar surface area (TPSA) is 41.9 Å². The van der Waals surface area contributed by atoms with Gasteiger partial charge in [-0.25, -0.2) is 4.79 Å². The molecule has 1 aliphatic heterocycles. The Labute approximate surface area is 145 Å². The van der Waals surface area contributed by atoms with Crippen LogP contribution in [-0.2, 0) is 15.7 Å². The van der Waals surface area contributed by atoms with E-state index < -0.39 is 17.7 Å². The molecule has 1 heterocycles. The molecule has 0 amide bonds. The first-order valence-electron chi connectivity index (χ1n) is 8.13. The number of amidine groups is 1. The molecule has 4 nitrogen and oxygen atoms in total. The normalized spacial score (nSPS) is 18.5. The molecule has 25 heavy (non-hydrogen) atoms. The van der Waals surface area contributed by atoms with Gasteiger partial charge in [0.05, 0.1) is 17.7 Å². The molecule has 0 fully saturated rings. The minimum atomic E-state index is -4.40. The summed E-state index contributed by atoms with van der Waals surface area (Å²) in [6.07, 6.45) is -4.70. The van der Waals surface area contributed by atoms with Gasteiger partial charge in [-0.1, -0.05) is 20.8 Å². The second-order valence-corrected chi connectivity index (χ2v) is 7.44. The van der Waals surface area contributed by atoms with Crippen molar-refractivity contribution in [3.8, 4) is 0 Å². The molecule has 0 saturated heterocycles. The first-order valence-corrected chi connectivity index (χ1v) is 8.13. The number of alkyl halides is 3. The van der Waals surface area contributed by atoms with Gasteiger partial charge in [-0.05, 0) is 43.5 Å². The lowest BCUT2D eigenvalue weighted by atomic mass is 9.87. The average molecular weight is 356 g/mol. The van der Waals surface area contributed by atoms with Gasteiger partial charge in [0.15, 0.2) is 0 Å². The van der Waals surface area contributed by atoms with Crippen molar-refractivity contribution in [1.29, 1.82) is 0 Å². The molecule has 1 aliphatic rings. The Kier molecular flexibility index (Phi) is 5.16. The highest BCUT2D eigenvalue weighted by atomic mass is 19.4. The number of esters is 1. The van der Waals surface area contributed by atoms with Crippen LogP contribution in [-0.4, -0.2) is 30.5 Å². The van der Waals surface area contributed by atoms with Crippen LogP contribution >= 0.6 is 0 Å². The lowest BCUT2D eigenvalue weighted by Gasteiger charge is -2.26. The van der Waals surface area contributed by atoms with E-state index in [1.54, 1.807) is 18.7 Å². The molecule has 0 bridgehead atoms. The number of anilines is 1. The predicted molar refractivity (Wildman–Crippen MR) is 90.7 cm³/mol. The number of benzene rings is 1. The van der Waals surface area contributed by atoms with E-state index in [1.165, 1.54) is 12.1 Å². The molecule has 0 saturated carbocycles. The first kappa shape index (κ1) is 19.3. The van der Waals surface area contributed by atoms with E-state index in [2.05, 4.69) is 4.99 Å². The molecule has 2 rings (SSSR count). The first-order chi connectivity index (χ1) is 11.4. The molecule has 0 aliphatic carbocycles. The number of aliphatic imine (C=N–C) groups is 1. The van der Waals surface area contributed by atoms with Crippen molar-refractivity contribution in [2.75, 3.05) is 11.4 Å². The monoisotopic (exact) mass is 356 g/mol. The fourth-order valence-electron chi connectivity index (χ4n) is 2.47. The van der Waals surface area contributed by atoms with Crippen molar-refractivity contribution >= 4 is 17.5 Å². The molecule has 0 spiro atoms. The summed E-state index contributed by atoms with van der Waals surface area (Å²) >= 11 is 0. The van der Waals surface area contributed by atoms with Gasteiger partial charge in [-0.15, -0.1) is 0 Å². The van der Waals surface area contributed by atoms with Gasteiger partial charge in [0, 0.05) is 12.2 Å². The quantitative estimate of drug-likeness (QED) is 0.759. The Morgan fingerprint density at radius 1 is 1.20 bits per heavy atom. The summed E-state index contributed by atoms with van der Waals surface area (Å²) in [6, 6.07) is 4.55. The van der Waals surface area contributed by atoms with Crippen LogP contribution in [0.5, 0.6) is 0 Å². The Morgan fingerprint density at radius 2 is 1.76 bits per heavy atom. The molecular formula is C18H23F3N2O2. The zero-order chi connectivity index (χ0) is 19.0. The number of hydrogen-bond acceptors (Lipinski definition) is 4. The standard InChI is InChI=1S/C18H23F3N2O2/c1-11(2)25-16(24)15-22-14(17(3,4)5)10-23(15)13-8-6-12(7-9-13)18(19,20)21/h6-9,11,14H,10H2,1-5H3/t14-/m1/s1. The van der Waals surface area contributed by atoms with Crippen molar-refractivity contribution < 1.29 is 22.7 Å². The second-order valence-electron chi connectivity index (χ2n) is 7.44. The molecule has 0 aromatic heterocycles. The molecule has 1 aromatic carbocycles. The van der Waals surface area contributed by atoms with Crippen LogP contribution in [0, 0.1) is 5.41 Å². The van der Waals surface area contributed by atoms with Gasteiger partial charge in [0.2, 0.25) is 5.84 Å². The maximum atomic E-state index is 12.8. The Bertz CT molecular complexity index is 658. The van der Waals surface area contributed by atoms with Gasteiger partial charge in [0.25, 0.3) is 0 Å². The van der Waals surface area contributed by atoms with E-state index in [0.29, 0.717) is 12.2 Å². The molecule has 1 atom stereocenters. The molecule has 138 valence electrons. The van der Waals surface area contributed by atoms with Gasteiger partial charge in [0.1, 0.15) is 0 Å². The fraction of sp³-hybridized carbons (Fsp3) is 0.556. The van der Waals surface area contributed by atoms with E-state index >= 15 is 0 Å². The summed E-state index contributed by atoms with van der Waals surface area (Å²) in [5.74, 6) is -0.435. The highest BCUT2D eigenvalue weighted by Crippen LogP contribution is 2.33. The molecule has 0 unspecified atom stereocenters. The number of nitrogens with zero attached hydrogens (tertiary/aromatic N) is 2. The van der Waals surface area contributed by atoms with E-state index in [-0.39, 0.29) is 23.4 Å². The number of carbonyl (C=O) groups excluding carboxylic acids is 1. The van der Waals surface area contributed by atoms with E-state index in [1.807, 2.05) is 20.8 Å². The third-order valence-electron chi connectivity index (χ3n) is 3.92. The van der Waals surface area contributed by atoms with Crippen molar-refractivity contribution in [2.24, 2.45) is 10.4 Å². The van der Waals surface area contributed by atoms with Gasteiger partial charge in [-0.3, -0.25) is 4.99 Å². The third kappa shape index (κ3) is 4.52. The zero-order valence-electron chi connectivity index (χ0n) is 15.0. The fourth-order valence-corrected chi connectivity index (χ4v) is 2.47. The number of rotatable bonds is 3. The predicted octanol–water partition coefficient (Wildman–Crippen LogP) is 4.29. The molecule has 7 heteroatoms. The highest BCUT2D eigenvalue weighted by molar-refractivity contribution is 6.41. The van der Waals surface area contributed by atoms with E-state index in [9.17, 15) is 18.0 Å². The summed E-state index contributed by atoms with van der Waals surface area (Å²) in [6.45, 7) is 9.89. The summed E-state index contributed by atoms with van der Waals surface area (Å²) in [5.41, 5.74) is -0.436. The third-order valence-corrected chi connectivity index (χ3v) is 3.92. The van der Waals surface area contributed by atoms with Crippen molar-refractivity contribution in [3.63, 3.8) is 0 Å². The van der Waals surface area contributed by atoms with Gasteiger partial charge >= 0.3 is 12.1 Å². The molecule has 0 radical (unpaired) electrons. The SMILES string of the molecule is CC(C)OC(=O)C1=N[C@@H](C(C)(C)C)CN1c1ccc(C(F)(F)F)cc1. The second kappa shape index (κ2) is 6.69. The smallest absolute Gasteiger partial charge is 0.416 e. The summed E-state index contributed by atoms with van der Waals surface area (Å²) in [5, 5.41) is 0. The van der Waals surface area contributed by atoms with Crippen LogP contribution in [0.3, 0.4) is 0 Å². The van der Waals surface area contributed by atoms with Gasteiger partial charge in [-0.2, -0.15) is 13.2 Å². The number of carbonyl (C=O) groups is 1. The van der Waals surface area contributed by atoms with Crippen LogP contribution in [0.2, 0.25) is 0 Å². The van der Waals surface area contributed by atoms with Crippen LogP contribution in [0.1, 0.15) is 40.2 Å². The summed E-state index contributed by atoms with van der Waals surface area (Å²) in [7, 11) is 0.